The van der Waals surface area contributed by atoms with Crippen molar-refractivity contribution in [2.75, 3.05) is 22.9 Å². The summed E-state index contributed by atoms with van der Waals surface area (Å²) in [5.41, 5.74) is -0.612. The van der Waals surface area contributed by atoms with Crippen molar-refractivity contribution in [3.8, 4) is 17.9 Å². The molecular formula is C26H22F4N6O. The maximum absolute atomic E-state index is 13.8. The second-order valence-electron chi connectivity index (χ2n) is 8.58. The van der Waals surface area contributed by atoms with E-state index in [1.54, 1.807) is 30.2 Å². The Morgan fingerprint density at radius 2 is 2.00 bits per heavy atom. The van der Waals surface area contributed by atoms with E-state index in [1.165, 1.54) is 41.0 Å². The molecule has 1 amide bonds. The lowest BCUT2D eigenvalue weighted by molar-refractivity contribution is -0.137. The molecule has 11 heteroatoms. The highest BCUT2D eigenvalue weighted by Gasteiger charge is 2.40. The zero-order valence-electron chi connectivity index (χ0n) is 20.1. The van der Waals surface area contributed by atoms with Gasteiger partial charge in [0.2, 0.25) is 0 Å². The van der Waals surface area contributed by atoms with Crippen LogP contribution in [-0.2, 0) is 18.0 Å². The molecule has 3 aromatic rings. The van der Waals surface area contributed by atoms with Gasteiger partial charge in [-0.15, -0.1) is 0 Å². The third-order valence-corrected chi connectivity index (χ3v) is 5.93. The molecule has 3 heterocycles. The fourth-order valence-corrected chi connectivity index (χ4v) is 4.28. The van der Waals surface area contributed by atoms with Crippen LogP contribution in [-0.4, -0.2) is 39.8 Å². The standard InChI is InChI=1S/C26H22F4N6O/c1-17-13-22(26(28,29)30)21(14-31)24(33-17)36-12-4-6-23(36)25(37)35(20-9-7-19(27)8-10-20)11-3-5-18-15-32-34(2)16-18/h7-10,13,15-16,23H,4,6,11-12H2,1-2H3/t23-/m0/s1. The number of carbonyl (C=O) groups is 1. The van der Waals surface area contributed by atoms with Crippen LogP contribution in [0.3, 0.4) is 0 Å². The van der Waals surface area contributed by atoms with Crippen LogP contribution >= 0.6 is 0 Å². The van der Waals surface area contributed by atoms with Gasteiger partial charge >= 0.3 is 6.18 Å². The summed E-state index contributed by atoms with van der Waals surface area (Å²) >= 11 is 0. The first kappa shape index (κ1) is 25.7. The zero-order chi connectivity index (χ0) is 26.7. The molecule has 1 saturated heterocycles. The maximum atomic E-state index is 13.8. The van der Waals surface area contributed by atoms with E-state index >= 15 is 0 Å². The zero-order valence-corrected chi connectivity index (χ0v) is 20.1. The number of carbonyl (C=O) groups excluding carboxylic acids is 1. The van der Waals surface area contributed by atoms with Gasteiger partial charge in [0.25, 0.3) is 5.91 Å². The highest BCUT2D eigenvalue weighted by molar-refractivity contribution is 6.00. The molecule has 4 rings (SSSR count). The molecule has 0 saturated carbocycles. The normalized spacial score (nSPS) is 15.2. The summed E-state index contributed by atoms with van der Waals surface area (Å²) in [6.45, 7) is 1.60. The number of aromatic nitrogens is 3. The van der Waals surface area contributed by atoms with Gasteiger partial charge in [-0.05, 0) is 50.1 Å². The number of hydrogen-bond acceptors (Lipinski definition) is 5. The van der Waals surface area contributed by atoms with Crippen LogP contribution in [0.25, 0.3) is 0 Å². The van der Waals surface area contributed by atoms with Crippen LogP contribution in [0, 0.1) is 35.9 Å². The van der Waals surface area contributed by atoms with E-state index in [1.807, 2.05) is 0 Å². The van der Waals surface area contributed by atoms with E-state index in [9.17, 15) is 27.6 Å². The van der Waals surface area contributed by atoms with Crippen molar-refractivity contribution < 1.29 is 22.4 Å². The van der Waals surface area contributed by atoms with Gasteiger partial charge in [-0.25, -0.2) is 9.37 Å². The van der Waals surface area contributed by atoms with Gasteiger partial charge < -0.3 is 4.90 Å². The molecular weight excluding hydrogens is 488 g/mol. The van der Waals surface area contributed by atoms with Gasteiger partial charge in [0.05, 0.1) is 23.9 Å². The van der Waals surface area contributed by atoms with E-state index in [4.69, 9.17) is 0 Å². The van der Waals surface area contributed by atoms with Crippen molar-refractivity contribution in [3.63, 3.8) is 0 Å². The fourth-order valence-electron chi connectivity index (χ4n) is 4.28. The summed E-state index contributed by atoms with van der Waals surface area (Å²) in [6, 6.07) is 6.87. The van der Waals surface area contributed by atoms with Crippen LogP contribution in [0.2, 0.25) is 0 Å². The van der Waals surface area contributed by atoms with Gasteiger partial charge in [-0.1, -0.05) is 11.8 Å². The van der Waals surface area contributed by atoms with Crippen molar-refractivity contribution >= 4 is 17.4 Å². The minimum atomic E-state index is -4.76. The largest absolute Gasteiger partial charge is 0.417 e. The molecule has 0 radical (unpaired) electrons. The van der Waals surface area contributed by atoms with Crippen molar-refractivity contribution in [3.05, 3.63) is 70.9 Å². The van der Waals surface area contributed by atoms with Gasteiger partial charge in [-0.3, -0.25) is 14.4 Å². The van der Waals surface area contributed by atoms with Crippen molar-refractivity contribution in [1.82, 2.24) is 14.8 Å². The Bertz CT molecular complexity index is 1410. The lowest BCUT2D eigenvalue weighted by atomic mass is 10.1. The van der Waals surface area contributed by atoms with Crippen LogP contribution in [0.5, 0.6) is 0 Å². The molecule has 0 spiro atoms. The number of nitriles is 1. The summed E-state index contributed by atoms with van der Waals surface area (Å²) < 4.78 is 56.2. The molecule has 0 N–H and O–H groups in total. The summed E-state index contributed by atoms with van der Waals surface area (Å²) in [5, 5.41) is 13.6. The maximum Gasteiger partial charge on any atom is 0.417 e. The minimum Gasteiger partial charge on any atom is -0.343 e. The fraction of sp³-hybridized carbons (Fsp3) is 0.308. The average molecular weight is 510 g/mol. The monoisotopic (exact) mass is 510 g/mol. The highest BCUT2D eigenvalue weighted by Crippen LogP contribution is 2.38. The molecule has 1 aliphatic rings. The predicted molar refractivity (Wildman–Crippen MR) is 128 cm³/mol. The van der Waals surface area contributed by atoms with Crippen LogP contribution in [0.4, 0.5) is 29.1 Å². The number of halogens is 4. The highest BCUT2D eigenvalue weighted by atomic mass is 19.4. The van der Waals surface area contributed by atoms with Gasteiger partial charge in [-0.2, -0.15) is 23.5 Å². The summed E-state index contributed by atoms with van der Waals surface area (Å²) in [6.07, 6.45) is -0.623. The van der Waals surface area contributed by atoms with E-state index in [0.29, 0.717) is 24.1 Å². The molecule has 37 heavy (non-hydrogen) atoms. The summed E-state index contributed by atoms with van der Waals surface area (Å²) in [7, 11) is 1.74. The molecule has 0 aliphatic carbocycles. The molecule has 190 valence electrons. The molecule has 1 atom stereocenters. The second kappa shape index (κ2) is 10.3. The Labute approximate surface area is 210 Å². The lowest BCUT2D eigenvalue weighted by Crippen LogP contribution is -2.47. The number of amides is 1. The number of aryl methyl sites for hydroxylation is 2. The third-order valence-electron chi connectivity index (χ3n) is 5.93. The van der Waals surface area contributed by atoms with Crippen LogP contribution in [0.15, 0.2) is 42.7 Å². The first-order valence-corrected chi connectivity index (χ1v) is 11.4. The van der Waals surface area contributed by atoms with Gasteiger partial charge in [0.15, 0.2) is 0 Å². The number of alkyl halides is 3. The first-order chi connectivity index (χ1) is 17.6. The molecule has 1 aromatic carbocycles. The molecule has 1 aliphatic heterocycles. The summed E-state index contributed by atoms with van der Waals surface area (Å²) in [5.74, 6) is 4.74. The average Bonchev–Trinajstić information content (AvgIpc) is 3.50. The Morgan fingerprint density at radius 1 is 1.27 bits per heavy atom. The Hall–Kier alpha value is -4.38. The quantitative estimate of drug-likeness (QED) is 0.388. The van der Waals surface area contributed by atoms with E-state index < -0.39 is 35.1 Å². The van der Waals surface area contributed by atoms with E-state index in [2.05, 4.69) is 21.9 Å². The number of anilines is 2. The number of pyridine rings is 1. The SMILES string of the molecule is Cc1cc(C(F)(F)F)c(C#N)c(N2CCC[C@H]2C(=O)N(CC#Cc2cnn(C)c2)c2ccc(F)cc2)n1. The van der Waals surface area contributed by atoms with Crippen molar-refractivity contribution in [1.29, 1.82) is 5.26 Å². The molecule has 2 aromatic heterocycles. The Kier molecular flexibility index (Phi) is 7.16. The molecule has 0 unspecified atom stereocenters. The van der Waals surface area contributed by atoms with Crippen molar-refractivity contribution in [2.24, 2.45) is 7.05 Å². The molecule has 0 bridgehead atoms. The first-order valence-electron chi connectivity index (χ1n) is 11.4. The number of hydrogen-bond donors (Lipinski definition) is 0. The number of benzene rings is 1. The Morgan fingerprint density at radius 3 is 2.62 bits per heavy atom. The number of rotatable bonds is 4. The molecule has 7 nitrogen and oxygen atoms in total. The smallest absolute Gasteiger partial charge is 0.343 e. The molecule has 1 fully saturated rings. The van der Waals surface area contributed by atoms with Gasteiger partial charge in [0.1, 0.15) is 29.3 Å². The van der Waals surface area contributed by atoms with E-state index in [-0.39, 0.29) is 24.6 Å². The van der Waals surface area contributed by atoms with Gasteiger partial charge in [0, 0.05) is 31.2 Å². The van der Waals surface area contributed by atoms with Crippen LogP contribution < -0.4 is 9.80 Å². The Balaban J connectivity index is 1.71. The minimum absolute atomic E-state index is 0.0517. The lowest BCUT2D eigenvalue weighted by Gasteiger charge is -2.31. The van der Waals surface area contributed by atoms with Crippen LogP contribution in [0.1, 0.15) is 35.2 Å². The third kappa shape index (κ3) is 5.56. The second-order valence-corrected chi connectivity index (χ2v) is 8.58. The number of nitrogens with zero attached hydrogens (tertiary/aromatic N) is 6. The topological polar surface area (TPSA) is 78.0 Å². The van der Waals surface area contributed by atoms with Crippen molar-refractivity contribution in [2.45, 2.75) is 32.0 Å². The van der Waals surface area contributed by atoms with E-state index in [0.717, 1.165) is 6.07 Å². The predicted octanol–water partition coefficient (Wildman–Crippen LogP) is 4.21. The summed E-state index contributed by atoms with van der Waals surface area (Å²) in [4.78, 5) is 20.8.